The summed E-state index contributed by atoms with van der Waals surface area (Å²) in [5, 5.41) is 4.32. The van der Waals surface area contributed by atoms with Gasteiger partial charge in [-0.3, -0.25) is 0 Å². The highest BCUT2D eigenvalue weighted by molar-refractivity contribution is 6.30. The molecule has 1 aromatic carbocycles. The van der Waals surface area contributed by atoms with E-state index < -0.39 is 0 Å². The number of imidazole rings is 1. The van der Waals surface area contributed by atoms with E-state index in [-0.39, 0.29) is 6.04 Å². The van der Waals surface area contributed by atoms with Crippen molar-refractivity contribution < 1.29 is 0 Å². The van der Waals surface area contributed by atoms with Crippen LogP contribution in [0.5, 0.6) is 0 Å². The SMILES string of the molecule is CC(NCc1cncn1C1CC1)c1cccc(Cl)c1. The van der Waals surface area contributed by atoms with Crippen LogP contribution in [0.1, 0.15) is 43.1 Å². The molecule has 1 heterocycles. The van der Waals surface area contributed by atoms with Gasteiger partial charge in [-0.1, -0.05) is 23.7 Å². The zero-order valence-electron chi connectivity index (χ0n) is 11.0. The molecule has 0 saturated heterocycles. The molecule has 0 spiro atoms. The molecule has 2 aromatic rings. The molecule has 1 aromatic heterocycles. The van der Waals surface area contributed by atoms with Gasteiger partial charge in [0, 0.05) is 29.8 Å². The minimum atomic E-state index is 0.279. The van der Waals surface area contributed by atoms with E-state index in [1.54, 1.807) is 0 Å². The van der Waals surface area contributed by atoms with Crippen molar-refractivity contribution in [1.29, 1.82) is 0 Å². The van der Waals surface area contributed by atoms with E-state index in [9.17, 15) is 0 Å². The summed E-state index contributed by atoms with van der Waals surface area (Å²) in [5.41, 5.74) is 2.47. The molecule has 1 N–H and O–H groups in total. The normalized spacial score (nSPS) is 16.5. The van der Waals surface area contributed by atoms with Crippen molar-refractivity contribution in [3.05, 3.63) is 53.1 Å². The first kappa shape index (κ1) is 12.7. The van der Waals surface area contributed by atoms with E-state index in [2.05, 4.69) is 27.9 Å². The number of hydrogen-bond donors (Lipinski definition) is 1. The summed E-state index contributed by atoms with van der Waals surface area (Å²) in [6, 6.07) is 8.96. The standard InChI is InChI=1S/C15H18ClN3/c1-11(12-3-2-4-13(16)7-12)18-9-15-8-17-10-19(15)14-5-6-14/h2-4,7-8,10-11,14,18H,5-6,9H2,1H3. The van der Waals surface area contributed by atoms with E-state index in [0.29, 0.717) is 6.04 Å². The van der Waals surface area contributed by atoms with Gasteiger partial charge in [0.05, 0.1) is 12.0 Å². The van der Waals surface area contributed by atoms with Gasteiger partial charge < -0.3 is 9.88 Å². The molecule has 1 unspecified atom stereocenters. The van der Waals surface area contributed by atoms with Gasteiger partial charge >= 0.3 is 0 Å². The Labute approximate surface area is 118 Å². The third kappa shape index (κ3) is 2.99. The quantitative estimate of drug-likeness (QED) is 0.901. The third-order valence-corrected chi connectivity index (χ3v) is 3.86. The zero-order chi connectivity index (χ0) is 13.2. The van der Waals surface area contributed by atoms with E-state index in [0.717, 1.165) is 11.6 Å². The van der Waals surface area contributed by atoms with Gasteiger partial charge in [-0.2, -0.15) is 0 Å². The van der Waals surface area contributed by atoms with Crippen molar-refractivity contribution in [1.82, 2.24) is 14.9 Å². The maximum atomic E-state index is 6.02. The smallest absolute Gasteiger partial charge is 0.0951 e. The van der Waals surface area contributed by atoms with Gasteiger partial charge in [0.1, 0.15) is 0 Å². The van der Waals surface area contributed by atoms with Crippen LogP contribution in [0.15, 0.2) is 36.8 Å². The van der Waals surface area contributed by atoms with Crippen LogP contribution < -0.4 is 5.32 Å². The number of nitrogens with one attached hydrogen (secondary N) is 1. The summed E-state index contributed by atoms with van der Waals surface area (Å²) < 4.78 is 2.29. The van der Waals surface area contributed by atoms with E-state index in [4.69, 9.17) is 11.6 Å². The van der Waals surface area contributed by atoms with Crippen molar-refractivity contribution in [3.63, 3.8) is 0 Å². The highest BCUT2D eigenvalue weighted by atomic mass is 35.5. The van der Waals surface area contributed by atoms with Crippen molar-refractivity contribution in [2.75, 3.05) is 0 Å². The Bertz CT molecular complexity index is 560. The molecule has 0 aliphatic heterocycles. The number of benzene rings is 1. The second-order valence-electron chi connectivity index (χ2n) is 5.18. The van der Waals surface area contributed by atoms with Crippen molar-refractivity contribution in [3.8, 4) is 0 Å². The van der Waals surface area contributed by atoms with Gasteiger partial charge in [0.15, 0.2) is 0 Å². The molecule has 0 radical (unpaired) electrons. The Kier molecular flexibility index (Phi) is 3.58. The van der Waals surface area contributed by atoms with Gasteiger partial charge in [0.2, 0.25) is 0 Å². The predicted molar refractivity (Wildman–Crippen MR) is 77.2 cm³/mol. The maximum Gasteiger partial charge on any atom is 0.0951 e. The molecule has 3 nitrogen and oxygen atoms in total. The van der Waals surface area contributed by atoms with Crippen LogP contribution in [0.2, 0.25) is 5.02 Å². The second-order valence-corrected chi connectivity index (χ2v) is 5.62. The van der Waals surface area contributed by atoms with Crippen molar-refractivity contribution in [2.45, 2.75) is 38.4 Å². The Morgan fingerprint density at radius 2 is 2.32 bits per heavy atom. The molecular weight excluding hydrogens is 258 g/mol. The summed E-state index contributed by atoms with van der Waals surface area (Å²) in [7, 11) is 0. The van der Waals surface area contributed by atoms with Crippen LogP contribution in [-0.4, -0.2) is 9.55 Å². The Morgan fingerprint density at radius 1 is 1.47 bits per heavy atom. The lowest BCUT2D eigenvalue weighted by Gasteiger charge is -2.15. The maximum absolute atomic E-state index is 6.02. The fraction of sp³-hybridized carbons (Fsp3) is 0.400. The molecule has 1 aliphatic rings. The minimum Gasteiger partial charge on any atom is -0.330 e. The van der Waals surface area contributed by atoms with E-state index >= 15 is 0 Å². The van der Waals surface area contributed by atoms with Crippen molar-refractivity contribution >= 4 is 11.6 Å². The monoisotopic (exact) mass is 275 g/mol. The lowest BCUT2D eigenvalue weighted by molar-refractivity contribution is 0.547. The molecule has 0 amide bonds. The summed E-state index contributed by atoms with van der Waals surface area (Å²) in [5.74, 6) is 0. The second kappa shape index (κ2) is 5.35. The molecular formula is C15H18ClN3. The lowest BCUT2D eigenvalue weighted by Crippen LogP contribution is -2.19. The highest BCUT2D eigenvalue weighted by Crippen LogP contribution is 2.35. The molecule has 1 aliphatic carbocycles. The number of hydrogen-bond acceptors (Lipinski definition) is 2. The summed E-state index contributed by atoms with van der Waals surface area (Å²) in [6.45, 7) is 2.99. The Balaban J connectivity index is 1.63. The van der Waals surface area contributed by atoms with Crippen LogP contribution in [-0.2, 0) is 6.54 Å². The van der Waals surface area contributed by atoms with Gasteiger partial charge in [-0.15, -0.1) is 0 Å². The molecule has 4 heteroatoms. The lowest BCUT2D eigenvalue weighted by atomic mass is 10.1. The fourth-order valence-electron chi connectivity index (χ4n) is 2.30. The first-order valence-electron chi connectivity index (χ1n) is 6.73. The zero-order valence-corrected chi connectivity index (χ0v) is 11.8. The average Bonchev–Trinajstić information content (AvgIpc) is 3.15. The average molecular weight is 276 g/mol. The predicted octanol–water partition coefficient (Wildman–Crippen LogP) is 3.72. The minimum absolute atomic E-state index is 0.279. The Hall–Kier alpha value is -1.32. The molecule has 3 rings (SSSR count). The highest BCUT2D eigenvalue weighted by Gasteiger charge is 2.25. The van der Waals surface area contributed by atoms with E-state index in [1.807, 2.05) is 30.7 Å². The summed E-state index contributed by atoms with van der Waals surface area (Å²) in [6.07, 6.45) is 6.47. The van der Waals surface area contributed by atoms with E-state index in [1.165, 1.54) is 24.1 Å². The van der Waals surface area contributed by atoms with Crippen LogP contribution in [0.3, 0.4) is 0 Å². The number of nitrogens with zero attached hydrogens (tertiary/aromatic N) is 2. The van der Waals surface area contributed by atoms with Crippen LogP contribution in [0.4, 0.5) is 0 Å². The van der Waals surface area contributed by atoms with Crippen molar-refractivity contribution in [2.24, 2.45) is 0 Å². The topological polar surface area (TPSA) is 29.9 Å². The number of halogens is 1. The van der Waals surface area contributed by atoms with Crippen LogP contribution >= 0.6 is 11.6 Å². The summed E-state index contributed by atoms with van der Waals surface area (Å²) >= 11 is 6.02. The molecule has 100 valence electrons. The largest absolute Gasteiger partial charge is 0.330 e. The van der Waals surface area contributed by atoms with Gasteiger partial charge in [0.25, 0.3) is 0 Å². The fourth-order valence-corrected chi connectivity index (χ4v) is 2.50. The molecule has 0 bridgehead atoms. The molecule has 1 fully saturated rings. The third-order valence-electron chi connectivity index (χ3n) is 3.62. The molecule has 1 saturated carbocycles. The molecule has 1 atom stereocenters. The summed E-state index contributed by atoms with van der Waals surface area (Å²) in [4.78, 5) is 4.25. The molecule has 19 heavy (non-hydrogen) atoms. The van der Waals surface area contributed by atoms with Crippen LogP contribution in [0, 0.1) is 0 Å². The van der Waals surface area contributed by atoms with Gasteiger partial charge in [-0.25, -0.2) is 4.98 Å². The van der Waals surface area contributed by atoms with Crippen LogP contribution in [0.25, 0.3) is 0 Å². The number of rotatable bonds is 5. The Morgan fingerprint density at radius 3 is 3.05 bits per heavy atom. The first-order valence-corrected chi connectivity index (χ1v) is 7.11. The van der Waals surface area contributed by atoms with Gasteiger partial charge in [-0.05, 0) is 37.5 Å². The number of aromatic nitrogens is 2. The first-order chi connectivity index (χ1) is 9.24.